The van der Waals surface area contributed by atoms with Crippen LogP contribution < -0.4 is 5.32 Å². The summed E-state index contributed by atoms with van der Waals surface area (Å²) in [7, 11) is 0. The Kier molecular flexibility index (Phi) is 5.39. The molecule has 1 amide bonds. The second kappa shape index (κ2) is 7.69. The van der Waals surface area contributed by atoms with Crippen LogP contribution >= 0.6 is 11.8 Å². The standard InChI is InChI=1S/C20H23NOS/c1-15-6-12-19(13-7-15)23-14-16-8-10-17(11-9-16)20(22)21-18-4-2-3-5-18/h6-13,18H,2-5,14H2,1H3,(H,21,22). The zero-order valence-electron chi connectivity index (χ0n) is 13.5. The highest BCUT2D eigenvalue weighted by molar-refractivity contribution is 7.98. The summed E-state index contributed by atoms with van der Waals surface area (Å²) in [4.78, 5) is 13.5. The van der Waals surface area contributed by atoms with Crippen LogP contribution in [0.1, 0.15) is 47.2 Å². The van der Waals surface area contributed by atoms with Crippen LogP contribution in [-0.2, 0) is 5.75 Å². The lowest BCUT2D eigenvalue weighted by Crippen LogP contribution is -2.32. The number of carbonyl (C=O) groups is 1. The second-order valence-electron chi connectivity index (χ2n) is 6.25. The van der Waals surface area contributed by atoms with Crippen molar-refractivity contribution in [2.45, 2.75) is 49.3 Å². The molecule has 0 atom stereocenters. The van der Waals surface area contributed by atoms with Crippen LogP contribution in [0.15, 0.2) is 53.4 Å². The van der Waals surface area contributed by atoms with E-state index in [9.17, 15) is 4.79 Å². The lowest BCUT2D eigenvalue weighted by molar-refractivity contribution is 0.0938. The molecule has 1 N–H and O–H groups in total. The fraction of sp³-hybridized carbons (Fsp3) is 0.350. The molecular formula is C20H23NOS. The summed E-state index contributed by atoms with van der Waals surface area (Å²) in [6.45, 7) is 2.10. The van der Waals surface area contributed by atoms with Crippen LogP contribution in [0.3, 0.4) is 0 Å². The summed E-state index contributed by atoms with van der Waals surface area (Å²) >= 11 is 1.82. The van der Waals surface area contributed by atoms with Crippen LogP contribution in [0.5, 0.6) is 0 Å². The molecule has 1 aliphatic carbocycles. The van der Waals surface area contributed by atoms with E-state index >= 15 is 0 Å². The molecular weight excluding hydrogens is 302 g/mol. The third-order valence-electron chi connectivity index (χ3n) is 4.33. The fourth-order valence-electron chi connectivity index (χ4n) is 2.89. The number of rotatable bonds is 5. The maximum atomic E-state index is 12.2. The van der Waals surface area contributed by atoms with Gasteiger partial charge in [0.05, 0.1) is 0 Å². The number of carbonyl (C=O) groups excluding carboxylic acids is 1. The van der Waals surface area contributed by atoms with E-state index in [1.807, 2.05) is 23.9 Å². The van der Waals surface area contributed by atoms with Gasteiger partial charge >= 0.3 is 0 Å². The van der Waals surface area contributed by atoms with Crippen molar-refractivity contribution >= 4 is 17.7 Å². The molecule has 0 saturated heterocycles. The Hall–Kier alpha value is -1.74. The van der Waals surface area contributed by atoms with Gasteiger partial charge in [0.2, 0.25) is 0 Å². The third kappa shape index (κ3) is 4.61. The van der Waals surface area contributed by atoms with Gasteiger partial charge in [-0.15, -0.1) is 11.8 Å². The molecule has 23 heavy (non-hydrogen) atoms. The number of hydrogen-bond donors (Lipinski definition) is 1. The first-order valence-corrected chi connectivity index (χ1v) is 9.28. The minimum absolute atomic E-state index is 0.0645. The van der Waals surface area contributed by atoms with Gasteiger partial charge in [-0.2, -0.15) is 0 Å². The minimum Gasteiger partial charge on any atom is -0.349 e. The zero-order valence-corrected chi connectivity index (χ0v) is 14.4. The highest BCUT2D eigenvalue weighted by Gasteiger charge is 2.17. The largest absolute Gasteiger partial charge is 0.349 e. The Morgan fingerprint density at radius 1 is 1.04 bits per heavy atom. The first kappa shape index (κ1) is 16.1. The van der Waals surface area contributed by atoms with Gasteiger partial charge in [0.15, 0.2) is 0 Å². The fourth-order valence-corrected chi connectivity index (χ4v) is 3.75. The predicted molar refractivity (Wildman–Crippen MR) is 96.9 cm³/mol. The van der Waals surface area contributed by atoms with E-state index in [0.717, 1.165) is 24.2 Å². The Balaban J connectivity index is 1.53. The Morgan fingerprint density at radius 2 is 1.70 bits per heavy atom. The molecule has 0 unspecified atom stereocenters. The average molecular weight is 325 g/mol. The maximum absolute atomic E-state index is 12.2. The molecule has 3 rings (SSSR count). The van der Waals surface area contributed by atoms with Crippen molar-refractivity contribution in [1.29, 1.82) is 0 Å². The Morgan fingerprint density at radius 3 is 2.35 bits per heavy atom. The van der Waals surface area contributed by atoms with Crippen molar-refractivity contribution in [3.05, 3.63) is 65.2 Å². The molecule has 0 bridgehead atoms. The summed E-state index contributed by atoms with van der Waals surface area (Å²) < 4.78 is 0. The van der Waals surface area contributed by atoms with Gasteiger partial charge in [0.1, 0.15) is 0 Å². The van der Waals surface area contributed by atoms with Gasteiger partial charge in [-0.3, -0.25) is 4.79 Å². The molecule has 2 nitrogen and oxygen atoms in total. The second-order valence-corrected chi connectivity index (χ2v) is 7.30. The van der Waals surface area contributed by atoms with Gasteiger partial charge in [0.25, 0.3) is 5.91 Å². The molecule has 0 heterocycles. The van der Waals surface area contributed by atoms with Crippen molar-refractivity contribution < 1.29 is 4.79 Å². The minimum atomic E-state index is 0.0645. The lowest BCUT2D eigenvalue weighted by Gasteiger charge is -2.12. The van der Waals surface area contributed by atoms with E-state index in [2.05, 4.69) is 48.6 Å². The quantitative estimate of drug-likeness (QED) is 0.787. The first-order chi connectivity index (χ1) is 11.2. The third-order valence-corrected chi connectivity index (χ3v) is 5.42. The van der Waals surface area contributed by atoms with Gasteiger partial charge in [-0.05, 0) is 49.6 Å². The highest BCUT2D eigenvalue weighted by Crippen LogP contribution is 2.23. The maximum Gasteiger partial charge on any atom is 0.251 e. The van der Waals surface area contributed by atoms with E-state index < -0.39 is 0 Å². The van der Waals surface area contributed by atoms with Crippen molar-refractivity contribution in [2.24, 2.45) is 0 Å². The molecule has 1 fully saturated rings. The van der Waals surface area contributed by atoms with Crippen molar-refractivity contribution in [3.63, 3.8) is 0 Å². The normalized spacial score (nSPS) is 14.8. The number of aryl methyl sites for hydroxylation is 1. The molecule has 3 heteroatoms. The van der Waals surface area contributed by atoms with E-state index in [1.165, 1.54) is 28.9 Å². The van der Waals surface area contributed by atoms with Crippen LogP contribution in [0.25, 0.3) is 0 Å². The van der Waals surface area contributed by atoms with Crippen LogP contribution in [-0.4, -0.2) is 11.9 Å². The number of thioether (sulfide) groups is 1. The highest BCUT2D eigenvalue weighted by atomic mass is 32.2. The van der Waals surface area contributed by atoms with E-state index in [1.54, 1.807) is 0 Å². The summed E-state index contributed by atoms with van der Waals surface area (Å²) in [5, 5.41) is 3.13. The predicted octanol–water partition coefficient (Wildman–Crippen LogP) is 4.96. The van der Waals surface area contributed by atoms with Crippen molar-refractivity contribution in [1.82, 2.24) is 5.32 Å². The van der Waals surface area contributed by atoms with Gasteiger partial charge in [-0.1, -0.05) is 42.7 Å². The molecule has 0 radical (unpaired) electrons. The monoisotopic (exact) mass is 325 g/mol. The van der Waals surface area contributed by atoms with E-state index in [-0.39, 0.29) is 5.91 Å². The molecule has 2 aromatic rings. The molecule has 0 aliphatic heterocycles. The number of hydrogen-bond acceptors (Lipinski definition) is 2. The van der Waals surface area contributed by atoms with Crippen LogP contribution in [0, 0.1) is 6.92 Å². The summed E-state index contributed by atoms with van der Waals surface area (Å²) in [5.41, 5.74) is 3.29. The molecule has 1 saturated carbocycles. The van der Waals surface area contributed by atoms with Gasteiger partial charge in [-0.25, -0.2) is 0 Å². The van der Waals surface area contributed by atoms with Gasteiger partial charge < -0.3 is 5.32 Å². The SMILES string of the molecule is Cc1ccc(SCc2ccc(C(=O)NC3CCCC3)cc2)cc1. The summed E-state index contributed by atoms with van der Waals surface area (Å²) in [6.07, 6.45) is 4.72. The van der Waals surface area contributed by atoms with Crippen LogP contribution in [0.4, 0.5) is 0 Å². The Labute approximate surface area is 142 Å². The number of benzene rings is 2. The topological polar surface area (TPSA) is 29.1 Å². The van der Waals surface area contributed by atoms with Crippen molar-refractivity contribution in [3.8, 4) is 0 Å². The Bertz CT molecular complexity index is 642. The first-order valence-electron chi connectivity index (χ1n) is 8.30. The molecule has 2 aromatic carbocycles. The van der Waals surface area contributed by atoms with Gasteiger partial charge in [0, 0.05) is 22.3 Å². The molecule has 1 aliphatic rings. The molecule has 0 spiro atoms. The zero-order chi connectivity index (χ0) is 16.1. The summed E-state index contributed by atoms with van der Waals surface area (Å²) in [5.74, 6) is 0.989. The lowest BCUT2D eigenvalue weighted by atomic mass is 10.1. The van der Waals surface area contributed by atoms with E-state index in [4.69, 9.17) is 0 Å². The molecule has 120 valence electrons. The average Bonchev–Trinajstić information content (AvgIpc) is 3.08. The number of amides is 1. The van der Waals surface area contributed by atoms with Crippen molar-refractivity contribution in [2.75, 3.05) is 0 Å². The number of nitrogens with one attached hydrogen (secondary N) is 1. The van der Waals surface area contributed by atoms with E-state index in [0.29, 0.717) is 6.04 Å². The smallest absolute Gasteiger partial charge is 0.251 e. The van der Waals surface area contributed by atoms with Crippen LogP contribution in [0.2, 0.25) is 0 Å². The summed E-state index contributed by atoms with van der Waals surface area (Å²) in [6, 6.07) is 17.0. The molecule has 0 aromatic heterocycles.